The lowest BCUT2D eigenvalue weighted by molar-refractivity contribution is 0.0846. The maximum absolute atomic E-state index is 12.8. The van der Waals surface area contributed by atoms with E-state index in [1.165, 1.54) is 6.20 Å². The van der Waals surface area contributed by atoms with Crippen LogP contribution in [0.2, 0.25) is 5.02 Å². The number of benzene rings is 2. The Kier molecular flexibility index (Phi) is 7.42. The fourth-order valence-electron chi connectivity index (χ4n) is 3.45. The Balaban J connectivity index is 1.36. The van der Waals surface area contributed by atoms with Gasteiger partial charge in [-0.25, -0.2) is 9.67 Å². The molecule has 0 radical (unpaired) electrons. The number of nitrogens with zero attached hydrogens (tertiary/aromatic N) is 3. The predicted molar refractivity (Wildman–Crippen MR) is 133 cm³/mol. The minimum absolute atomic E-state index is 0.00130. The van der Waals surface area contributed by atoms with Gasteiger partial charge in [0.15, 0.2) is 5.82 Å². The van der Waals surface area contributed by atoms with Crippen LogP contribution in [0.1, 0.15) is 51.7 Å². The molecule has 4 aromatic rings. The molecular formula is C26H24ClN5O3. The Bertz CT molecular complexity index is 1300. The molecule has 178 valence electrons. The molecule has 2 heterocycles. The second kappa shape index (κ2) is 10.8. The zero-order chi connectivity index (χ0) is 24.8. The van der Waals surface area contributed by atoms with E-state index in [0.29, 0.717) is 40.0 Å². The van der Waals surface area contributed by atoms with E-state index in [1.54, 1.807) is 59.4 Å². The van der Waals surface area contributed by atoms with Crippen molar-refractivity contribution in [3.8, 4) is 11.6 Å². The smallest absolute Gasteiger partial charge is 0.273 e. The molecule has 4 rings (SSSR count). The summed E-state index contributed by atoms with van der Waals surface area (Å²) in [5, 5.41) is 4.97. The van der Waals surface area contributed by atoms with Crippen molar-refractivity contribution in [2.75, 3.05) is 0 Å². The van der Waals surface area contributed by atoms with E-state index in [-0.39, 0.29) is 5.92 Å². The molecule has 9 heteroatoms. The van der Waals surface area contributed by atoms with Gasteiger partial charge in [0.1, 0.15) is 12.4 Å². The average Bonchev–Trinajstić information content (AvgIpc) is 3.33. The van der Waals surface area contributed by atoms with Gasteiger partial charge < -0.3 is 4.74 Å². The van der Waals surface area contributed by atoms with Crippen molar-refractivity contribution in [1.82, 2.24) is 25.6 Å². The van der Waals surface area contributed by atoms with Crippen molar-refractivity contribution >= 4 is 23.4 Å². The number of aromatic nitrogens is 3. The lowest BCUT2D eigenvalue weighted by Crippen LogP contribution is -2.41. The number of carbonyl (C=O) groups is 2. The summed E-state index contributed by atoms with van der Waals surface area (Å²) in [7, 11) is 0. The fraction of sp³-hybridized carbons (Fsp3) is 0.154. The van der Waals surface area contributed by atoms with Gasteiger partial charge in [-0.05, 0) is 60.0 Å². The molecule has 0 aliphatic rings. The highest BCUT2D eigenvalue weighted by Gasteiger charge is 2.21. The van der Waals surface area contributed by atoms with Gasteiger partial charge in [-0.3, -0.25) is 20.4 Å². The van der Waals surface area contributed by atoms with Crippen molar-refractivity contribution < 1.29 is 14.3 Å². The summed E-state index contributed by atoms with van der Waals surface area (Å²) >= 11 is 5.88. The van der Waals surface area contributed by atoms with E-state index in [1.807, 2.05) is 32.0 Å². The minimum atomic E-state index is -0.461. The summed E-state index contributed by atoms with van der Waals surface area (Å²) in [6.07, 6.45) is 3.14. The first-order chi connectivity index (χ1) is 16.9. The van der Waals surface area contributed by atoms with Crippen LogP contribution in [-0.4, -0.2) is 26.6 Å². The first-order valence-electron chi connectivity index (χ1n) is 11.0. The van der Waals surface area contributed by atoms with Crippen LogP contribution in [0.5, 0.6) is 5.75 Å². The van der Waals surface area contributed by atoms with E-state index in [2.05, 4.69) is 20.9 Å². The number of hydrazine groups is 1. The number of halogens is 1. The minimum Gasteiger partial charge on any atom is -0.489 e. The quantitative estimate of drug-likeness (QED) is 0.367. The molecule has 0 bridgehead atoms. The van der Waals surface area contributed by atoms with E-state index < -0.39 is 11.8 Å². The zero-order valence-electron chi connectivity index (χ0n) is 19.2. The molecule has 2 amide bonds. The van der Waals surface area contributed by atoms with Gasteiger partial charge in [-0.15, -0.1) is 0 Å². The van der Waals surface area contributed by atoms with Crippen molar-refractivity contribution in [3.05, 3.63) is 107 Å². The SMILES string of the molecule is CC(C)c1c(C(=O)NNC(=O)c2ccc(COc3ccc(Cl)cc3)cc2)cnn1-c1ccccn1. The standard InChI is InChI=1S/C26H24ClN5O3/c1-17(2)24-22(15-29-32(24)23-5-3-4-14-28-23)26(34)31-30-25(33)19-8-6-18(7-9-19)16-35-21-12-10-20(27)11-13-21/h3-15,17H,16H2,1-2H3,(H,30,33)(H,31,34). The normalized spacial score (nSPS) is 10.7. The predicted octanol–water partition coefficient (Wildman–Crippen LogP) is 4.70. The van der Waals surface area contributed by atoms with Gasteiger partial charge in [0.05, 0.1) is 17.5 Å². The van der Waals surface area contributed by atoms with Crippen LogP contribution in [0.25, 0.3) is 5.82 Å². The van der Waals surface area contributed by atoms with Crippen molar-refractivity contribution in [2.45, 2.75) is 26.4 Å². The summed E-state index contributed by atoms with van der Waals surface area (Å²) in [6, 6.07) is 19.5. The number of nitrogens with one attached hydrogen (secondary N) is 2. The van der Waals surface area contributed by atoms with Gasteiger partial charge in [-0.2, -0.15) is 5.10 Å². The Morgan fingerprint density at radius 1 is 0.971 bits per heavy atom. The molecule has 8 nitrogen and oxygen atoms in total. The van der Waals surface area contributed by atoms with Gasteiger partial charge in [0.2, 0.25) is 0 Å². The summed E-state index contributed by atoms with van der Waals surface area (Å²) in [5.74, 6) is 0.410. The molecule has 0 saturated carbocycles. The molecule has 0 unspecified atom stereocenters. The molecule has 0 saturated heterocycles. The Morgan fingerprint density at radius 2 is 1.69 bits per heavy atom. The lowest BCUT2D eigenvalue weighted by atomic mass is 10.1. The molecule has 0 spiro atoms. The largest absolute Gasteiger partial charge is 0.489 e. The number of pyridine rings is 1. The Labute approximate surface area is 207 Å². The second-order valence-electron chi connectivity index (χ2n) is 8.05. The zero-order valence-corrected chi connectivity index (χ0v) is 20.0. The van der Waals surface area contributed by atoms with Crippen LogP contribution in [0.4, 0.5) is 0 Å². The molecule has 0 fully saturated rings. The van der Waals surface area contributed by atoms with Crippen molar-refractivity contribution in [3.63, 3.8) is 0 Å². The summed E-state index contributed by atoms with van der Waals surface area (Å²) in [5.41, 5.74) is 7.28. The Morgan fingerprint density at radius 3 is 2.34 bits per heavy atom. The Hall–Kier alpha value is -4.17. The number of hydrogen-bond acceptors (Lipinski definition) is 5. The van der Waals surface area contributed by atoms with Gasteiger partial charge in [-0.1, -0.05) is 43.6 Å². The first-order valence-corrected chi connectivity index (χ1v) is 11.4. The average molecular weight is 490 g/mol. The van der Waals surface area contributed by atoms with Crippen LogP contribution in [-0.2, 0) is 6.61 Å². The molecular weight excluding hydrogens is 466 g/mol. The molecule has 2 aromatic carbocycles. The van der Waals surface area contributed by atoms with Gasteiger partial charge in [0.25, 0.3) is 11.8 Å². The van der Waals surface area contributed by atoms with E-state index in [9.17, 15) is 9.59 Å². The monoisotopic (exact) mass is 489 g/mol. The number of rotatable bonds is 7. The summed E-state index contributed by atoms with van der Waals surface area (Å²) in [6.45, 7) is 4.27. The van der Waals surface area contributed by atoms with E-state index >= 15 is 0 Å². The number of carbonyl (C=O) groups excluding carboxylic acids is 2. The molecule has 0 aliphatic heterocycles. The molecule has 0 aliphatic carbocycles. The van der Waals surface area contributed by atoms with Crippen LogP contribution >= 0.6 is 11.6 Å². The third kappa shape index (κ3) is 5.85. The first kappa shape index (κ1) is 24.0. The maximum Gasteiger partial charge on any atom is 0.273 e. The van der Waals surface area contributed by atoms with Crippen molar-refractivity contribution in [2.24, 2.45) is 0 Å². The molecule has 0 atom stereocenters. The molecule has 35 heavy (non-hydrogen) atoms. The third-order valence-corrected chi connectivity index (χ3v) is 5.44. The summed E-state index contributed by atoms with van der Waals surface area (Å²) in [4.78, 5) is 29.7. The van der Waals surface area contributed by atoms with Crippen LogP contribution in [0, 0.1) is 0 Å². The van der Waals surface area contributed by atoms with Gasteiger partial charge in [0, 0.05) is 16.8 Å². The molecule has 2 N–H and O–H groups in total. The van der Waals surface area contributed by atoms with Crippen LogP contribution in [0.15, 0.2) is 79.1 Å². The molecule has 2 aromatic heterocycles. The number of amides is 2. The lowest BCUT2D eigenvalue weighted by Gasteiger charge is -2.13. The highest BCUT2D eigenvalue weighted by atomic mass is 35.5. The van der Waals surface area contributed by atoms with Crippen LogP contribution in [0.3, 0.4) is 0 Å². The highest BCUT2D eigenvalue weighted by Crippen LogP contribution is 2.22. The van der Waals surface area contributed by atoms with E-state index in [4.69, 9.17) is 16.3 Å². The highest BCUT2D eigenvalue weighted by molar-refractivity contribution is 6.30. The van der Waals surface area contributed by atoms with E-state index in [0.717, 1.165) is 5.56 Å². The van der Waals surface area contributed by atoms with Gasteiger partial charge >= 0.3 is 0 Å². The maximum atomic E-state index is 12.8. The fourth-order valence-corrected chi connectivity index (χ4v) is 3.58. The number of hydrogen-bond donors (Lipinski definition) is 2. The topological polar surface area (TPSA) is 98.1 Å². The summed E-state index contributed by atoms with van der Waals surface area (Å²) < 4.78 is 7.34. The van der Waals surface area contributed by atoms with Crippen LogP contribution < -0.4 is 15.6 Å². The van der Waals surface area contributed by atoms with Crippen molar-refractivity contribution in [1.29, 1.82) is 0 Å². The number of ether oxygens (including phenoxy) is 1. The second-order valence-corrected chi connectivity index (χ2v) is 8.48. The third-order valence-electron chi connectivity index (χ3n) is 5.19.